The maximum Gasteiger partial charge on any atom is 0.297 e. The number of benzene rings is 1. The molecule has 0 atom stereocenters. The predicted molar refractivity (Wildman–Crippen MR) is 144 cm³/mol. The van der Waals surface area contributed by atoms with Crippen LogP contribution in [0.25, 0.3) is 0 Å². The first-order valence-corrected chi connectivity index (χ1v) is 15.0. The fourth-order valence-electron chi connectivity index (χ4n) is 3.03. The number of unbranched alkanes of at least 4 members (excludes halogenated alkanes) is 3. The van der Waals surface area contributed by atoms with E-state index < -0.39 is 10.1 Å². The van der Waals surface area contributed by atoms with Gasteiger partial charge in [-0.1, -0.05) is 43.9 Å². The molecule has 1 aromatic rings. The lowest BCUT2D eigenvalue weighted by Gasteiger charge is -2.09. The third-order valence-corrected chi connectivity index (χ3v) is 6.48. The van der Waals surface area contributed by atoms with Crippen LogP contribution in [0.1, 0.15) is 38.2 Å². The molecular formula is C27H48O10S. The van der Waals surface area contributed by atoms with Crippen LogP contribution in [0.3, 0.4) is 0 Å². The van der Waals surface area contributed by atoms with Crippen LogP contribution in [0.2, 0.25) is 0 Å². The van der Waals surface area contributed by atoms with Crippen molar-refractivity contribution in [3.8, 4) is 0 Å². The van der Waals surface area contributed by atoms with Gasteiger partial charge in [0.05, 0.1) is 97.4 Å². The van der Waals surface area contributed by atoms with Crippen molar-refractivity contribution in [3.63, 3.8) is 0 Å². The quantitative estimate of drug-likeness (QED) is 0.111. The normalized spacial score (nSPS) is 11.8. The van der Waals surface area contributed by atoms with Gasteiger partial charge < -0.3 is 33.2 Å². The summed E-state index contributed by atoms with van der Waals surface area (Å²) in [6, 6.07) is 6.50. The zero-order valence-corrected chi connectivity index (χ0v) is 24.1. The Hall–Kier alpha value is -1.15. The fourth-order valence-corrected chi connectivity index (χ4v) is 3.92. The molecule has 0 aliphatic carbocycles. The van der Waals surface area contributed by atoms with Crippen LogP contribution in [-0.4, -0.2) is 108 Å². The van der Waals surface area contributed by atoms with Crippen molar-refractivity contribution in [2.45, 2.75) is 44.4 Å². The molecule has 0 aromatic heterocycles. The minimum atomic E-state index is -3.76. The molecule has 0 fully saturated rings. The summed E-state index contributed by atoms with van der Waals surface area (Å²) in [6.07, 6.45) is 4.87. The molecule has 10 nitrogen and oxygen atoms in total. The van der Waals surface area contributed by atoms with Gasteiger partial charge in [-0.15, -0.1) is 0 Å². The van der Waals surface area contributed by atoms with E-state index in [1.165, 1.54) is 31.4 Å². The Balaban J connectivity index is 1.73. The monoisotopic (exact) mass is 564 g/mol. The average Bonchev–Trinajstić information content (AvgIpc) is 2.91. The lowest BCUT2D eigenvalue weighted by molar-refractivity contribution is -0.0212. The van der Waals surface area contributed by atoms with E-state index in [0.717, 1.165) is 18.6 Å². The summed E-state index contributed by atoms with van der Waals surface area (Å²) < 4.78 is 67.1. The average molecular weight is 565 g/mol. The molecule has 11 heteroatoms. The van der Waals surface area contributed by atoms with E-state index in [1.54, 1.807) is 12.1 Å². The number of hydrogen-bond acceptors (Lipinski definition) is 10. The van der Waals surface area contributed by atoms with Crippen LogP contribution in [0.15, 0.2) is 29.2 Å². The second-order valence-corrected chi connectivity index (χ2v) is 10.1. The predicted octanol–water partition coefficient (Wildman–Crippen LogP) is 3.40. The molecule has 0 heterocycles. The van der Waals surface area contributed by atoms with E-state index in [1.807, 2.05) is 6.92 Å². The lowest BCUT2D eigenvalue weighted by atomic mass is 10.2. The number of rotatable bonds is 28. The number of ether oxygens (including phenoxy) is 7. The van der Waals surface area contributed by atoms with Gasteiger partial charge in [0.1, 0.15) is 0 Å². The van der Waals surface area contributed by atoms with Crippen LogP contribution < -0.4 is 0 Å². The summed E-state index contributed by atoms with van der Waals surface area (Å²) >= 11 is 0. The van der Waals surface area contributed by atoms with Crippen molar-refractivity contribution in [1.82, 2.24) is 0 Å². The summed E-state index contributed by atoms with van der Waals surface area (Å²) in [5, 5.41) is 0. The molecule has 0 bridgehead atoms. The number of aryl methyl sites for hydroxylation is 1. The highest BCUT2D eigenvalue weighted by atomic mass is 32.2. The van der Waals surface area contributed by atoms with E-state index in [2.05, 4.69) is 6.92 Å². The van der Waals surface area contributed by atoms with Crippen LogP contribution in [0, 0.1) is 6.92 Å². The largest absolute Gasteiger partial charge is 0.379 e. The first-order valence-electron chi connectivity index (χ1n) is 13.6. The topological polar surface area (TPSA) is 108 Å². The molecule has 0 radical (unpaired) electrons. The Morgan fingerprint density at radius 3 is 1.26 bits per heavy atom. The molecule has 0 aliphatic rings. The maximum atomic E-state index is 12.0. The molecule has 0 saturated heterocycles. The van der Waals surface area contributed by atoms with Crippen LogP contribution in [0.5, 0.6) is 0 Å². The van der Waals surface area contributed by atoms with Crippen molar-refractivity contribution in [1.29, 1.82) is 0 Å². The van der Waals surface area contributed by atoms with Crippen molar-refractivity contribution < 1.29 is 45.8 Å². The Bertz CT molecular complexity index is 743. The first-order chi connectivity index (χ1) is 18.6. The van der Waals surface area contributed by atoms with Crippen molar-refractivity contribution >= 4 is 10.1 Å². The third-order valence-electron chi connectivity index (χ3n) is 5.15. The van der Waals surface area contributed by atoms with Gasteiger partial charge in [-0.05, 0) is 25.5 Å². The Labute approximate surface area is 229 Å². The third kappa shape index (κ3) is 20.8. The minimum Gasteiger partial charge on any atom is -0.379 e. The molecular weight excluding hydrogens is 516 g/mol. The highest BCUT2D eigenvalue weighted by Gasteiger charge is 2.14. The second-order valence-electron chi connectivity index (χ2n) is 8.44. The number of hydrogen-bond donors (Lipinski definition) is 0. The summed E-state index contributed by atoms with van der Waals surface area (Å²) in [5.41, 5.74) is 0.981. The van der Waals surface area contributed by atoms with Gasteiger partial charge in [0.15, 0.2) is 0 Å². The highest BCUT2D eigenvalue weighted by molar-refractivity contribution is 7.86. The van der Waals surface area contributed by atoms with E-state index in [4.69, 9.17) is 37.3 Å². The van der Waals surface area contributed by atoms with Crippen molar-refractivity contribution in [2.24, 2.45) is 0 Å². The van der Waals surface area contributed by atoms with Gasteiger partial charge in [0.25, 0.3) is 10.1 Å². The van der Waals surface area contributed by atoms with Crippen LogP contribution in [0.4, 0.5) is 0 Å². The standard InChI is InChI=1S/C27H48O10S/c1-3-4-5-6-11-30-12-13-31-14-15-32-16-17-33-18-19-34-20-21-35-22-23-36-24-25-37-38(28,29)27-9-7-26(2)8-10-27/h7-10H,3-6,11-25H2,1-2H3. The SMILES string of the molecule is CCCCCCOCCOCCOCCOCCOCCOCCOCCOS(=O)(=O)c1ccc(C)cc1. The minimum absolute atomic E-state index is 0.0487. The Morgan fingerprint density at radius 1 is 0.500 bits per heavy atom. The van der Waals surface area contributed by atoms with Gasteiger partial charge >= 0.3 is 0 Å². The summed E-state index contributed by atoms with van der Waals surface area (Å²) in [7, 11) is -3.76. The van der Waals surface area contributed by atoms with Gasteiger partial charge in [0.2, 0.25) is 0 Å². The van der Waals surface area contributed by atoms with E-state index in [9.17, 15) is 8.42 Å². The van der Waals surface area contributed by atoms with Crippen molar-refractivity contribution in [2.75, 3.05) is 99.1 Å². The van der Waals surface area contributed by atoms with E-state index in [-0.39, 0.29) is 18.1 Å². The summed E-state index contributed by atoms with van der Waals surface area (Å²) in [4.78, 5) is 0.135. The molecule has 0 N–H and O–H groups in total. The van der Waals surface area contributed by atoms with Gasteiger partial charge in [0, 0.05) is 6.61 Å². The molecule has 1 aromatic carbocycles. The van der Waals surface area contributed by atoms with Crippen LogP contribution in [-0.2, 0) is 47.5 Å². The Morgan fingerprint density at radius 2 is 0.868 bits per heavy atom. The lowest BCUT2D eigenvalue weighted by Crippen LogP contribution is -2.15. The first kappa shape index (κ1) is 34.9. The van der Waals surface area contributed by atoms with E-state index in [0.29, 0.717) is 79.3 Å². The molecule has 38 heavy (non-hydrogen) atoms. The molecule has 0 unspecified atom stereocenters. The molecule has 0 amide bonds. The van der Waals surface area contributed by atoms with Gasteiger partial charge in [-0.3, -0.25) is 4.18 Å². The second kappa shape index (κ2) is 24.9. The zero-order valence-electron chi connectivity index (χ0n) is 23.2. The molecule has 0 aliphatic heterocycles. The molecule has 0 spiro atoms. The summed E-state index contributed by atoms with van der Waals surface area (Å²) in [6.45, 7) is 11.0. The molecule has 222 valence electrons. The van der Waals surface area contributed by atoms with E-state index >= 15 is 0 Å². The molecule has 1 rings (SSSR count). The van der Waals surface area contributed by atoms with Crippen LogP contribution >= 0.6 is 0 Å². The fraction of sp³-hybridized carbons (Fsp3) is 0.778. The zero-order chi connectivity index (χ0) is 27.6. The smallest absolute Gasteiger partial charge is 0.297 e. The summed E-state index contributed by atoms with van der Waals surface area (Å²) in [5.74, 6) is 0. The van der Waals surface area contributed by atoms with Crippen molar-refractivity contribution in [3.05, 3.63) is 29.8 Å². The van der Waals surface area contributed by atoms with Gasteiger partial charge in [-0.25, -0.2) is 0 Å². The van der Waals surface area contributed by atoms with Gasteiger partial charge in [-0.2, -0.15) is 8.42 Å². The maximum absolute atomic E-state index is 12.0. The molecule has 0 saturated carbocycles. The Kier molecular flexibility index (Phi) is 22.8. The highest BCUT2D eigenvalue weighted by Crippen LogP contribution is 2.12.